The zero-order valence-corrected chi connectivity index (χ0v) is 12.6. The van der Waals surface area contributed by atoms with Gasteiger partial charge in [0.15, 0.2) is 0 Å². The summed E-state index contributed by atoms with van der Waals surface area (Å²) in [7, 11) is 0. The number of amides is 1. The molecule has 0 aromatic heterocycles. The minimum Gasteiger partial charge on any atom is -0.398 e. The molecule has 1 aromatic carbocycles. The van der Waals surface area contributed by atoms with E-state index in [9.17, 15) is 4.79 Å². The molecular formula is C17H26N2O. The lowest BCUT2D eigenvalue weighted by Gasteiger charge is -2.30. The molecule has 2 rings (SSSR count). The Labute approximate surface area is 121 Å². The van der Waals surface area contributed by atoms with Gasteiger partial charge in [-0.3, -0.25) is 4.79 Å². The van der Waals surface area contributed by atoms with Gasteiger partial charge in [0.2, 0.25) is 0 Å². The molecule has 0 aliphatic heterocycles. The van der Waals surface area contributed by atoms with E-state index < -0.39 is 0 Å². The maximum Gasteiger partial charge on any atom is 0.253 e. The number of carbonyl (C=O) groups is 1. The molecule has 1 saturated carbocycles. The van der Waals surface area contributed by atoms with Crippen molar-refractivity contribution in [1.29, 1.82) is 0 Å². The van der Waals surface area contributed by atoms with E-state index in [1.165, 1.54) is 32.1 Å². The molecule has 0 radical (unpaired) electrons. The summed E-state index contributed by atoms with van der Waals surface area (Å²) in [4.78, 5) is 12.4. The number of carbonyl (C=O) groups excluding carboxylic acids is 1. The van der Waals surface area contributed by atoms with E-state index in [1.54, 1.807) is 0 Å². The average molecular weight is 274 g/mol. The van der Waals surface area contributed by atoms with Crippen LogP contribution >= 0.6 is 0 Å². The third-order valence-electron chi connectivity index (χ3n) is 4.43. The number of nitrogens with one attached hydrogen (secondary N) is 1. The Kier molecular flexibility index (Phi) is 5.05. The first kappa shape index (κ1) is 14.9. The van der Waals surface area contributed by atoms with Gasteiger partial charge in [-0.2, -0.15) is 0 Å². The van der Waals surface area contributed by atoms with Crippen LogP contribution in [-0.4, -0.2) is 11.9 Å². The van der Waals surface area contributed by atoms with E-state index in [0.717, 1.165) is 12.0 Å². The van der Waals surface area contributed by atoms with Gasteiger partial charge in [0.1, 0.15) is 0 Å². The van der Waals surface area contributed by atoms with E-state index in [-0.39, 0.29) is 11.9 Å². The van der Waals surface area contributed by atoms with Gasteiger partial charge in [0.25, 0.3) is 5.91 Å². The van der Waals surface area contributed by atoms with Crippen molar-refractivity contribution < 1.29 is 4.79 Å². The summed E-state index contributed by atoms with van der Waals surface area (Å²) in [6.45, 7) is 4.13. The molecule has 0 spiro atoms. The highest BCUT2D eigenvalue weighted by Crippen LogP contribution is 2.28. The van der Waals surface area contributed by atoms with Gasteiger partial charge in [0.05, 0.1) is 5.56 Å². The highest BCUT2D eigenvalue weighted by atomic mass is 16.1. The van der Waals surface area contributed by atoms with Crippen LogP contribution in [-0.2, 0) is 0 Å². The van der Waals surface area contributed by atoms with E-state index in [0.29, 0.717) is 17.2 Å². The third kappa shape index (κ3) is 3.53. The predicted molar refractivity (Wildman–Crippen MR) is 83.7 cm³/mol. The SMILES string of the molecule is CCC(NC(=O)c1ccc(C)cc1N)C1CCCCC1. The van der Waals surface area contributed by atoms with Gasteiger partial charge in [0, 0.05) is 11.7 Å². The molecule has 3 N–H and O–H groups in total. The summed E-state index contributed by atoms with van der Waals surface area (Å²) in [5.41, 5.74) is 8.21. The van der Waals surface area contributed by atoms with Crippen molar-refractivity contribution >= 4 is 11.6 Å². The van der Waals surface area contributed by atoms with Crippen LogP contribution < -0.4 is 11.1 Å². The number of aryl methyl sites for hydroxylation is 1. The molecule has 0 heterocycles. The lowest BCUT2D eigenvalue weighted by molar-refractivity contribution is 0.0912. The number of anilines is 1. The van der Waals surface area contributed by atoms with Crippen molar-refractivity contribution in [2.75, 3.05) is 5.73 Å². The molecule has 1 aromatic rings. The van der Waals surface area contributed by atoms with Crippen molar-refractivity contribution in [2.45, 2.75) is 58.4 Å². The molecule has 0 bridgehead atoms. The van der Waals surface area contributed by atoms with Gasteiger partial charge in [-0.05, 0) is 49.8 Å². The van der Waals surface area contributed by atoms with Gasteiger partial charge >= 0.3 is 0 Å². The van der Waals surface area contributed by atoms with Crippen molar-refractivity contribution in [1.82, 2.24) is 5.32 Å². The molecule has 110 valence electrons. The first-order chi connectivity index (χ1) is 9.61. The molecule has 1 unspecified atom stereocenters. The van der Waals surface area contributed by atoms with E-state index in [4.69, 9.17) is 5.73 Å². The fourth-order valence-corrected chi connectivity index (χ4v) is 3.22. The van der Waals surface area contributed by atoms with E-state index in [1.807, 2.05) is 25.1 Å². The second kappa shape index (κ2) is 6.78. The molecule has 0 saturated heterocycles. The highest BCUT2D eigenvalue weighted by Gasteiger charge is 2.24. The lowest BCUT2D eigenvalue weighted by atomic mass is 9.83. The summed E-state index contributed by atoms with van der Waals surface area (Å²) in [6.07, 6.45) is 7.39. The molecule has 3 heteroatoms. The summed E-state index contributed by atoms with van der Waals surface area (Å²) in [5.74, 6) is 0.601. The van der Waals surface area contributed by atoms with Crippen LogP contribution in [0.25, 0.3) is 0 Å². The summed E-state index contributed by atoms with van der Waals surface area (Å²) in [6, 6.07) is 5.90. The van der Waals surface area contributed by atoms with Crippen molar-refractivity contribution in [3.8, 4) is 0 Å². The Morgan fingerprint density at radius 2 is 2.05 bits per heavy atom. The summed E-state index contributed by atoms with van der Waals surface area (Å²) in [5, 5.41) is 3.19. The van der Waals surface area contributed by atoms with Crippen molar-refractivity contribution in [3.63, 3.8) is 0 Å². The van der Waals surface area contributed by atoms with Crippen LogP contribution in [0.5, 0.6) is 0 Å². The zero-order chi connectivity index (χ0) is 14.5. The second-order valence-electron chi connectivity index (χ2n) is 5.98. The molecule has 20 heavy (non-hydrogen) atoms. The van der Waals surface area contributed by atoms with Gasteiger partial charge < -0.3 is 11.1 Å². The normalized spacial score (nSPS) is 17.7. The lowest BCUT2D eigenvalue weighted by Crippen LogP contribution is -2.40. The number of benzene rings is 1. The number of nitrogens with two attached hydrogens (primary N) is 1. The standard InChI is InChI=1S/C17H26N2O/c1-3-16(13-7-5-4-6-8-13)19-17(20)14-10-9-12(2)11-15(14)18/h9-11,13,16H,3-8,18H2,1-2H3,(H,19,20). The number of rotatable bonds is 4. The number of nitrogen functional groups attached to an aromatic ring is 1. The molecular weight excluding hydrogens is 248 g/mol. The Bertz CT molecular complexity index is 464. The second-order valence-corrected chi connectivity index (χ2v) is 5.98. The molecule has 1 aliphatic carbocycles. The van der Waals surface area contributed by atoms with Crippen LogP contribution in [0.15, 0.2) is 18.2 Å². The van der Waals surface area contributed by atoms with Crippen LogP contribution in [0.2, 0.25) is 0 Å². The van der Waals surface area contributed by atoms with Gasteiger partial charge in [-0.25, -0.2) is 0 Å². The summed E-state index contributed by atoms with van der Waals surface area (Å²) >= 11 is 0. The highest BCUT2D eigenvalue weighted by molar-refractivity contribution is 5.99. The Hall–Kier alpha value is -1.51. The molecule has 3 nitrogen and oxygen atoms in total. The predicted octanol–water partition coefficient (Wildman–Crippen LogP) is 3.67. The smallest absolute Gasteiger partial charge is 0.253 e. The molecule has 1 fully saturated rings. The Morgan fingerprint density at radius 1 is 1.35 bits per heavy atom. The quantitative estimate of drug-likeness (QED) is 0.823. The maximum absolute atomic E-state index is 12.4. The van der Waals surface area contributed by atoms with Crippen LogP contribution in [0.4, 0.5) is 5.69 Å². The van der Waals surface area contributed by atoms with Gasteiger partial charge in [-0.15, -0.1) is 0 Å². The minimum atomic E-state index is -0.0278. The first-order valence-electron chi connectivity index (χ1n) is 7.78. The molecule has 1 aliphatic rings. The fraction of sp³-hybridized carbons (Fsp3) is 0.588. The Morgan fingerprint density at radius 3 is 2.65 bits per heavy atom. The monoisotopic (exact) mass is 274 g/mol. The summed E-state index contributed by atoms with van der Waals surface area (Å²) < 4.78 is 0. The average Bonchev–Trinajstić information content (AvgIpc) is 2.45. The third-order valence-corrected chi connectivity index (χ3v) is 4.43. The molecule has 1 atom stereocenters. The Balaban J connectivity index is 2.04. The number of hydrogen-bond donors (Lipinski definition) is 2. The van der Waals surface area contributed by atoms with Gasteiger partial charge in [-0.1, -0.05) is 32.3 Å². The van der Waals surface area contributed by atoms with Crippen LogP contribution in [0.3, 0.4) is 0 Å². The van der Waals surface area contributed by atoms with Crippen molar-refractivity contribution in [3.05, 3.63) is 29.3 Å². The van der Waals surface area contributed by atoms with E-state index in [2.05, 4.69) is 12.2 Å². The van der Waals surface area contributed by atoms with Crippen LogP contribution in [0, 0.1) is 12.8 Å². The van der Waals surface area contributed by atoms with E-state index >= 15 is 0 Å². The van der Waals surface area contributed by atoms with Crippen molar-refractivity contribution in [2.24, 2.45) is 5.92 Å². The fourth-order valence-electron chi connectivity index (χ4n) is 3.22. The largest absolute Gasteiger partial charge is 0.398 e. The van der Waals surface area contributed by atoms with Crippen LogP contribution in [0.1, 0.15) is 61.4 Å². The minimum absolute atomic E-state index is 0.0278. The topological polar surface area (TPSA) is 55.1 Å². The zero-order valence-electron chi connectivity index (χ0n) is 12.6. The maximum atomic E-state index is 12.4. The number of hydrogen-bond acceptors (Lipinski definition) is 2. The molecule has 1 amide bonds. The first-order valence-corrected chi connectivity index (χ1v) is 7.78.